The van der Waals surface area contributed by atoms with Gasteiger partial charge in [0, 0.05) is 11.3 Å². The van der Waals surface area contributed by atoms with Crippen LogP contribution in [-0.4, -0.2) is 37.0 Å². The van der Waals surface area contributed by atoms with Crippen LogP contribution >= 0.6 is 35.0 Å². The molecule has 5 nitrogen and oxygen atoms in total. The summed E-state index contributed by atoms with van der Waals surface area (Å²) >= 11 is 13.3. The van der Waals surface area contributed by atoms with Gasteiger partial charge >= 0.3 is 5.97 Å². The minimum atomic E-state index is -3.88. The van der Waals surface area contributed by atoms with E-state index in [1.54, 1.807) is 11.8 Å². The molecule has 0 radical (unpaired) electrons. The maximum Gasteiger partial charge on any atom is 0.338 e. The first-order chi connectivity index (χ1) is 9.72. The Bertz CT molecular complexity index is 687. The standard InChI is InChI=1S/C12H13Cl2NO4S2/c1-20-12(4-5-12)6-15-21(18,19)8-3-2-7(13)9(10(8)14)11(16)17/h2-3,15H,4-6H2,1H3,(H,16,17). The second-order valence-corrected chi connectivity index (χ2v) is 8.55. The summed E-state index contributed by atoms with van der Waals surface area (Å²) in [5.74, 6) is -1.37. The van der Waals surface area contributed by atoms with Crippen molar-refractivity contribution in [1.82, 2.24) is 4.72 Å². The van der Waals surface area contributed by atoms with Gasteiger partial charge in [0.25, 0.3) is 0 Å². The van der Waals surface area contributed by atoms with Gasteiger partial charge in [0.2, 0.25) is 10.0 Å². The SMILES string of the molecule is CSC1(CNS(=O)(=O)c2ccc(Cl)c(C(=O)O)c2Cl)CC1. The van der Waals surface area contributed by atoms with Gasteiger partial charge in [-0.2, -0.15) is 11.8 Å². The van der Waals surface area contributed by atoms with Gasteiger partial charge in [-0.15, -0.1) is 0 Å². The van der Waals surface area contributed by atoms with Crippen LogP contribution in [0.3, 0.4) is 0 Å². The highest BCUT2D eigenvalue weighted by molar-refractivity contribution is 8.00. The summed E-state index contributed by atoms with van der Waals surface area (Å²) in [5.41, 5.74) is -0.410. The molecule has 2 N–H and O–H groups in total. The Labute approximate surface area is 137 Å². The highest BCUT2D eigenvalue weighted by Crippen LogP contribution is 2.46. The average Bonchev–Trinajstić information content (AvgIpc) is 3.16. The van der Waals surface area contributed by atoms with Gasteiger partial charge in [-0.1, -0.05) is 23.2 Å². The smallest absolute Gasteiger partial charge is 0.338 e. The largest absolute Gasteiger partial charge is 0.478 e. The Morgan fingerprint density at radius 1 is 1.43 bits per heavy atom. The van der Waals surface area contributed by atoms with Crippen LogP contribution in [0.5, 0.6) is 0 Å². The zero-order valence-corrected chi connectivity index (χ0v) is 14.2. The lowest BCUT2D eigenvalue weighted by molar-refractivity contribution is 0.0697. The first kappa shape index (κ1) is 16.9. The number of carboxylic acids is 1. The van der Waals surface area contributed by atoms with Gasteiger partial charge < -0.3 is 5.11 Å². The minimum Gasteiger partial charge on any atom is -0.478 e. The Morgan fingerprint density at radius 3 is 2.52 bits per heavy atom. The van der Waals surface area contributed by atoms with Crippen molar-refractivity contribution < 1.29 is 18.3 Å². The first-order valence-corrected chi connectivity index (χ1v) is 9.45. The van der Waals surface area contributed by atoms with Gasteiger partial charge in [-0.05, 0) is 31.2 Å². The second-order valence-electron chi connectivity index (χ2n) is 4.75. The molecule has 116 valence electrons. The quantitative estimate of drug-likeness (QED) is 0.805. The first-order valence-electron chi connectivity index (χ1n) is 5.98. The summed E-state index contributed by atoms with van der Waals surface area (Å²) in [6.45, 7) is 0.290. The molecule has 2 rings (SSSR count). The van der Waals surface area contributed by atoms with Gasteiger partial charge in [0.15, 0.2) is 0 Å². The number of nitrogens with one attached hydrogen (secondary N) is 1. The molecule has 0 unspecified atom stereocenters. The maximum absolute atomic E-state index is 12.3. The van der Waals surface area contributed by atoms with Gasteiger partial charge in [0.1, 0.15) is 4.90 Å². The normalized spacial score (nSPS) is 16.7. The molecule has 1 aliphatic carbocycles. The molecule has 21 heavy (non-hydrogen) atoms. The van der Waals surface area contributed by atoms with Crippen LogP contribution in [0.4, 0.5) is 0 Å². The Kier molecular flexibility index (Phi) is 4.80. The van der Waals surface area contributed by atoms with Crippen LogP contribution in [0.15, 0.2) is 17.0 Å². The van der Waals surface area contributed by atoms with Crippen LogP contribution in [0.1, 0.15) is 23.2 Å². The summed E-state index contributed by atoms with van der Waals surface area (Å²) < 4.78 is 27.0. The topological polar surface area (TPSA) is 83.5 Å². The van der Waals surface area contributed by atoms with Gasteiger partial charge in [0.05, 0.1) is 15.6 Å². The van der Waals surface area contributed by atoms with E-state index in [2.05, 4.69) is 4.72 Å². The number of halogens is 2. The summed E-state index contributed by atoms with van der Waals surface area (Å²) in [4.78, 5) is 10.8. The summed E-state index contributed by atoms with van der Waals surface area (Å²) in [6, 6.07) is 2.42. The highest BCUT2D eigenvalue weighted by atomic mass is 35.5. The molecule has 0 amide bonds. The fraction of sp³-hybridized carbons (Fsp3) is 0.417. The van der Waals surface area contributed by atoms with E-state index in [-0.39, 0.29) is 26.2 Å². The van der Waals surface area contributed by atoms with E-state index in [4.69, 9.17) is 28.3 Å². The van der Waals surface area contributed by atoms with Crippen LogP contribution in [-0.2, 0) is 10.0 Å². The molecule has 1 fully saturated rings. The molecular weight excluding hydrogens is 357 g/mol. The minimum absolute atomic E-state index is 0.0540. The third-order valence-corrected chi connectivity index (χ3v) is 7.07. The van der Waals surface area contributed by atoms with Crippen molar-refractivity contribution in [3.8, 4) is 0 Å². The van der Waals surface area contributed by atoms with Crippen LogP contribution in [0, 0.1) is 0 Å². The molecule has 9 heteroatoms. The number of thioether (sulfide) groups is 1. The Balaban J connectivity index is 2.32. The Hall–Kier alpha value is -0.470. The van der Waals surface area contributed by atoms with Crippen molar-refractivity contribution in [3.05, 3.63) is 27.7 Å². The van der Waals surface area contributed by atoms with Crippen LogP contribution < -0.4 is 4.72 Å². The molecule has 1 aliphatic rings. The van der Waals surface area contributed by atoms with Crippen molar-refractivity contribution in [2.75, 3.05) is 12.8 Å². The number of hydrogen-bond donors (Lipinski definition) is 2. The number of carboxylic acid groups (broad SMARTS) is 1. The van der Waals surface area contributed by atoms with E-state index >= 15 is 0 Å². The second kappa shape index (κ2) is 5.96. The molecule has 0 atom stereocenters. The number of hydrogen-bond acceptors (Lipinski definition) is 4. The van der Waals surface area contributed by atoms with E-state index in [0.717, 1.165) is 12.8 Å². The summed E-state index contributed by atoms with van der Waals surface area (Å²) in [6.07, 6.45) is 3.83. The lowest BCUT2D eigenvalue weighted by Gasteiger charge is -2.15. The van der Waals surface area contributed by atoms with Crippen molar-refractivity contribution in [1.29, 1.82) is 0 Å². The van der Waals surface area contributed by atoms with Crippen LogP contribution in [0.25, 0.3) is 0 Å². The molecule has 1 aromatic carbocycles. The number of sulfonamides is 1. The maximum atomic E-state index is 12.3. The average molecular weight is 370 g/mol. The molecule has 1 saturated carbocycles. The van der Waals surface area contributed by atoms with Crippen molar-refractivity contribution in [2.45, 2.75) is 22.5 Å². The summed E-state index contributed by atoms with van der Waals surface area (Å²) in [7, 11) is -3.88. The molecule has 0 saturated heterocycles. The van der Waals surface area contributed by atoms with Crippen LogP contribution in [0.2, 0.25) is 10.0 Å². The molecule has 0 heterocycles. The molecular formula is C12H13Cl2NO4S2. The van der Waals surface area contributed by atoms with E-state index in [1.165, 1.54) is 12.1 Å². The lowest BCUT2D eigenvalue weighted by atomic mass is 10.2. The van der Waals surface area contributed by atoms with Crippen molar-refractivity contribution >= 4 is 51.0 Å². The molecule has 0 bridgehead atoms. The summed E-state index contributed by atoms with van der Waals surface area (Å²) in [5, 5.41) is 8.58. The third-order valence-electron chi connectivity index (χ3n) is 3.38. The number of aromatic carboxylic acids is 1. The van der Waals surface area contributed by atoms with E-state index in [0.29, 0.717) is 0 Å². The van der Waals surface area contributed by atoms with Gasteiger partial charge in [-0.25, -0.2) is 17.9 Å². The van der Waals surface area contributed by atoms with Gasteiger partial charge in [-0.3, -0.25) is 0 Å². The third kappa shape index (κ3) is 3.48. The van der Waals surface area contributed by atoms with E-state index < -0.39 is 21.6 Å². The van der Waals surface area contributed by atoms with Crippen molar-refractivity contribution in [3.63, 3.8) is 0 Å². The fourth-order valence-corrected chi connectivity index (χ4v) is 4.70. The molecule has 1 aromatic rings. The molecule has 0 aliphatic heterocycles. The predicted molar refractivity (Wildman–Crippen MR) is 84.1 cm³/mol. The van der Waals surface area contributed by atoms with Crippen molar-refractivity contribution in [2.24, 2.45) is 0 Å². The number of carbonyl (C=O) groups is 1. The van der Waals surface area contributed by atoms with E-state index in [1.807, 2.05) is 6.26 Å². The molecule has 0 spiro atoms. The predicted octanol–water partition coefficient (Wildman–Crippen LogP) is 2.87. The lowest BCUT2D eigenvalue weighted by Crippen LogP contribution is -2.32. The number of rotatable bonds is 6. The Morgan fingerprint density at radius 2 is 2.05 bits per heavy atom. The molecule has 0 aromatic heterocycles. The zero-order chi connectivity index (χ0) is 15.8. The highest BCUT2D eigenvalue weighted by Gasteiger charge is 2.42. The monoisotopic (exact) mass is 369 g/mol. The van der Waals surface area contributed by atoms with E-state index in [9.17, 15) is 13.2 Å². The zero-order valence-electron chi connectivity index (χ0n) is 11.0. The fourth-order valence-electron chi connectivity index (χ4n) is 1.83. The number of benzene rings is 1.